The molecule has 0 aromatic carbocycles. The molecule has 1 fully saturated rings. The number of amides is 1. The minimum absolute atomic E-state index is 0.0751. The normalized spacial score (nSPS) is 20.5. The maximum atomic E-state index is 13.0. The first kappa shape index (κ1) is 15.8. The highest BCUT2D eigenvalue weighted by molar-refractivity contribution is 5.94. The van der Waals surface area contributed by atoms with Crippen LogP contribution in [0.25, 0.3) is 5.78 Å². The molecular formula is C17H19N5O3. The number of carbonyl (C=O) groups is 1. The van der Waals surface area contributed by atoms with Gasteiger partial charge in [0.1, 0.15) is 11.5 Å². The van der Waals surface area contributed by atoms with E-state index in [0.717, 1.165) is 11.5 Å². The van der Waals surface area contributed by atoms with E-state index in [1.807, 2.05) is 13.0 Å². The number of aliphatic hydroxyl groups excluding tert-OH is 1. The third-order valence-corrected chi connectivity index (χ3v) is 4.61. The summed E-state index contributed by atoms with van der Waals surface area (Å²) in [5, 5.41) is 14.2. The molecule has 0 bridgehead atoms. The van der Waals surface area contributed by atoms with Crippen LogP contribution in [0.4, 0.5) is 0 Å². The molecule has 1 aliphatic rings. The molecule has 0 saturated carbocycles. The first-order valence-electron chi connectivity index (χ1n) is 8.22. The first-order chi connectivity index (χ1) is 12.0. The molecular weight excluding hydrogens is 322 g/mol. The summed E-state index contributed by atoms with van der Waals surface area (Å²) in [4.78, 5) is 23.2. The molecule has 0 radical (unpaired) electrons. The Morgan fingerprint density at radius 2 is 2.24 bits per heavy atom. The largest absolute Gasteiger partial charge is 0.391 e. The fraction of sp³-hybridized carbons (Fsp3) is 0.412. The highest BCUT2D eigenvalue weighted by atomic mass is 16.5. The topological polar surface area (TPSA) is 96.8 Å². The number of nitrogens with zero attached hydrogens (tertiary/aromatic N) is 5. The Labute approximate surface area is 144 Å². The van der Waals surface area contributed by atoms with Crippen LogP contribution in [-0.4, -0.2) is 54.6 Å². The van der Waals surface area contributed by atoms with Crippen molar-refractivity contribution in [3.05, 3.63) is 47.4 Å². The molecule has 4 heterocycles. The van der Waals surface area contributed by atoms with Gasteiger partial charge in [0.2, 0.25) is 5.78 Å². The summed E-state index contributed by atoms with van der Waals surface area (Å²) >= 11 is 0. The third-order valence-electron chi connectivity index (χ3n) is 4.61. The van der Waals surface area contributed by atoms with Crippen LogP contribution in [0, 0.1) is 19.8 Å². The molecule has 0 spiro atoms. The van der Waals surface area contributed by atoms with Crippen molar-refractivity contribution in [1.82, 2.24) is 24.4 Å². The molecule has 3 aromatic rings. The van der Waals surface area contributed by atoms with E-state index in [1.54, 1.807) is 34.7 Å². The van der Waals surface area contributed by atoms with E-state index in [4.69, 9.17) is 4.52 Å². The third kappa shape index (κ3) is 2.78. The van der Waals surface area contributed by atoms with Crippen LogP contribution < -0.4 is 0 Å². The number of aryl methyl sites for hydroxylation is 2. The van der Waals surface area contributed by atoms with Crippen molar-refractivity contribution in [2.24, 2.45) is 5.92 Å². The van der Waals surface area contributed by atoms with Crippen LogP contribution in [0.15, 0.2) is 29.0 Å². The van der Waals surface area contributed by atoms with Gasteiger partial charge in [-0.15, -0.1) is 0 Å². The van der Waals surface area contributed by atoms with Gasteiger partial charge in [-0.3, -0.25) is 9.20 Å². The fourth-order valence-corrected chi connectivity index (χ4v) is 3.40. The summed E-state index contributed by atoms with van der Waals surface area (Å²) in [6, 6.07) is 3.62. The second-order valence-electron chi connectivity index (χ2n) is 6.51. The van der Waals surface area contributed by atoms with Crippen LogP contribution in [0.1, 0.15) is 27.6 Å². The van der Waals surface area contributed by atoms with Gasteiger partial charge in [0.15, 0.2) is 0 Å². The molecule has 1 aliphatic heterocycles. The van der Waals surface area contributed by atoms with Crippen LogP contribution in [-0.2, 0) is 6.42 Å². The summed E-state index contributed by atoms with van der Waals surface area (Å²) in [5.41, 5.74) is 1.93. The van der Waals surface area contributed by atoms with E-state index in [1.165, 1.54) is 0 Å². The van der Waals surface area contributed by atoms with Crippen molar-refractivity contribution in [2.75, 3.05) is 13.1 Å². The Hall–Kier alpha value is -2.74. The standard InChI is InChI=1S/C17H19N5O3/c1-10-6-13(25-20-10)7-12-8-21(9-14(12)23)16(24)15-11(2)19-17-18-4-3-5-22(15)17/h3-6,12,14,23H,7-9H2,1-2H3/t12-,14+/m1/s1. The maximum absolute atomic E-state index is 13.0. The van der Waals surface area contributed by atoms with Crippen LogP contribution in [0.3, 0.4) is 0 Å². The Morgan fingerprint density at radius 3 is 3.00 bits per heavy atom. The summed E-state index contributed by atoms with van der Waals surface area (Å²) in [7, 11) is 0. The Bertz CT molecular complexity index is 931. The summed E-state index contributed by atoms with van der Waals surface area (Å²) in [5.74, 6) is 1.00. The lowest BCUT2D eigenvalue weighted by Crippen LogP contribution is -2.31. The second-order valence-corrected chi connectivity index (χ2v) is 6.51. The number of aromatic nitrogens is 4. The molecule has 1 amide bonds. The van der Waals surface area contributed by atoms with Crippen molar-refractivity contribution in [3.8, 4) is 0 Å². The number of hydrogen-bond acceptors (Lipinski definition) is 6. The van der Waals surface area contributed by atoms with Gasteiger partial charge in [-0.2, -0.15) is 0 Å². The van der Waals surface area contributed by atoms with Crippen molar-refractivity contribution >= 4 is 11.7 Å². The lowest BCUT2D eigenvalue weighted by molar-refractivity contribution is 0.0757. The average molecular weight is 341 g/mol. The first-order valence-corrected chi connectivity index (χ1v) is 8.22. The quantitative estimate of drug-likeness (QED) is 0.764. The fourth-order valence-electron chi connectivity index (χ4n) is 3.40. The number of aliphatic hydroxyl groups is 1. The average Bonchev–Trinajstić information content (AvgIpc) is 3.24. The number of carbonyl (C=O) groups excluding carboxylic acids is 1. The van der Waals surface area contributed by atoms with E-state index >= 15 is 0 Å². The summed E-state index contributed by atoms with van der Waals surface area (Å²) in [6.07, 6.45) is 3.38. The SMILES string of the molecule is Cc1cc(C[C@@H]2CN(C(=O)c3c(C)nc4ncccn34)C[C@@H]2O)on1. The predicted molar refractivity (Wildman–Crippen MR) is 88.1 cm³/mol. The molecule has 8 heteroatoms. The Morgan fingerprint density at radius 1 is 1.40 bits per heavy atom. The molecule has 8 nitrogen and oxygen atoms in total. The highest BCUT2D eigenvalue weighted by Crippen LogP contribution is 2.24. The lowest BCUT2D eigenvalue weighted by Gasteiger charge is -2.16. The predicted octanol–water partition coefficient (Wildman–Crippen LogP) is 1.01. The number of likely N-dealkylation sites (tertiary alicyclic amines) is 1. The zero-order chi connectivity index (χ0) is 17.6. The second kappa shape index (κ2) is 5.96. The number of β-amino-alcohol motifs (C(OH)–C–C–N with tert-alkyl or cyclic N) is 1. The van der Waals surface area contributed by atoms with Crippen LogP contribution in [0.2, 0.25) is 0 Å². The van der Waals surface area contributed by atoms with Gasteiger partial charge in [-0.25, -0.2) is 9.97 Å². The Kier molecular flexibility index (Phi) is 3.76. The van der Waals surface area contributed by atoms with Gasteiger partial charge in [-0.05, 0) is 19.9 Å². The molecule has 0 unspecified atom stereocenters. The summed E-state index contributed by atoms with van der Waals surface area (Å²) < 4.78 is 6.92. The van der Waals surface area contributed by atoms with E-state index in [9.17, 15) is 9.90 Å². The van der Waals surface area contributed by atoms with E-state index in [-0.39, 0.29) is 11.8 Å². The molecule has 25 heavy (non-hydrogen) atoms. The number of rotatable bonds is 3. The number of imidazole rings is 1. The molecule has 130 valence electrons. The van der Waals surface area contributed by atoms with Gasteiger partial charge in [0, 0.05) is 43.9 Å². The van der Waals surface area contributed by atoms with Crippen molar-refractivity contribution < 1.29 is 14.4 Å². The summed E-state index contributed by atoms with van der Waals surface area (Å²) in [6.45, 7) is 4.41. The van der Waals surface area contributed by atoms with E-state index in [2.05, 4.69) is 15.1 Å². The maximum Gasteiger partial charge on any atom is 0.272 e. The molecule has 2 atom stereocenters. The molecule has 4 rings (SSSR count). The minimum Gasteiger partial charge on any atom is -0.391 e. The highest BCUT2D eigenvalue weighted by Gasteiger charge is 2.36. The van der Waals surface area contributed by atoms with Crippen LogP contribution in [0.5, 0.6) is 0 Å². The zero-order valence-corrected chi connectivity index (χ0v) is 14.1. The van der Waals surface area contributed by atoms with Gasteiger partial charge in [0.25, 0.3) is 5.91 Å². The van der Waals surface area contributed by atoms with E-state index in [0.29, 0.717) is 36.7 Å². The Balaban J connectivity index is 1.55. The molecule has 0 aliphatic carbocycles. The number of fused-ring (bicyclic) bond motifs is 1. The molecule has 1 saturated heterocycles. The number of hydrogen-bond donors (Lipinski definition) is 1. The van der Waals surface area contributed by atoms with Crippen molar-refractivity contribution in [1.29, 1.82) is 0 Å². The monoisotopic (exact) mass is 341 g/mol. The van der Waals surface area contributed by atoms with Crippen molar-refractivity contribution in [2.45, 2.75) is 26.4 Å². The van der Waals surface area contributed by atoms with Gasteiger partial charge >= 0.3 is 0 Å². The molecule has 3 aromatic heterocycles. The smallest absolute Gasteiger partial charge is 0.272 e. The minimum atomic E-state index is -0.591. The van der Waals surface area contributed by atoms with Crippen LogP contribution >= 0.6 is 0 Å². The van der Waals surface area contributed by atoms with Gasteiger partial charge in [-0.1, -0.05) is 5.16 Å². The zero-order valence-electron chi connectivity index (χ0n) is 14.1. The van der Waals surface area contributed by atoms with E-state index < -0.39 is 6.10 Å². The lowest BCUT2D eigenvalue weighted by atomic mass is 10.0. The van der Waals surface area contributed by atoms with Crippen molar-refractivity contribution in [3.63, 3.8) is 0 Å². The van der Waals surface area contributed by atoms with Gasteiger partial charge in [0.05, 0.1) is 17.5 Å². The van der Waals surface area contributed by atoms with Gasteiger partial charge < -0.3 is 14.5 Å². The molecule has 1 N–H and O–H groups in total.